The van der Waals surface area contributed by atoms with Crippen LogP contribution in [0.2, 0.25) is 0 Å². The van der Waals surface area contributed by atoms with Gasteiger partial charge in [-0.2, -0.15) is 0 Å². The molecule has 1 aliphatic rings. The number of carbonyl (C=O) groups is 2. The fourth-order valence-corrected chi connectivity index (χ4v) is 0.985. The zero-order valence-corrected chi connectivity index (χ0v) is 10.4. The number of rotatable bonds is 5. The van der Waals surface area contributed by atoms with E-state index in [2.05, 4.69) is 17.0 Å². The Morgan fingerprint density at radius 3 is 2.41 bits per heavy atom. The molecule has 0 aromatic carbocycles. The molecular formula is C11H21N3O3. The van der Waals surface area contributed by atoms with Gasteiger partial charge in [-0.05, 0) is 19.9 Å². The van der Waals surface area contributed by atoms with Crippen molar-refractivity contribution in [2.45, 2.75) is 32.9 Å². The molecule has 6 nitrogen and oxygen atoms in total. The highest BCUT2D eigenvalue weighted by Gasteiger charge is 2.18. The van der Waals surface area contributed by atoms with Gasteiger partial charge in [0.25, 0.3) is 0 Å². The van der Waals surface area contributed by atoms with Crippen molar-refractivity contribution in [1.82, 2.24) is 5.32 Å². The van der Waals surface area contributed by atoms with Crippen LogP contribution in [0.25, 0.3) is 0 Å². The van der Waals surface area contributed by atoms with Crippen molar-refractivity contribution in [1.29, 1.82) is 0 Å². The molecule has 0 saturated heterocycles. The van der Waals surface area contributed by atoms with Crippen molar-refractivity contribution in [2.75, 3.05) is 13.1 Å². The lowest BCUT2D eigenvalue weighted by atomic mass is 10.3. The number of carbonyl (C=O) groups excluding carboxylic acids is 2. The molecule has 5 N–H and O–H groups in total. The van der Waals surface area contributed by atoms with E-state index in [1.807, 2.05) is 0 Å². The van der Waals surface area contributed by atoms with Crippen molar-refractivity contribution in [3.63, 3.8) is 0 Å². The van der Waals surface area contributed by atoms with Crippen molar-refractivity contribution >= 4 is 11.9 Å². The summed E-state index contributed by atoms with van der Waals surface area (Å²) in [5.74, 6) is -1.09. The van der Waals surface area contributed by atoms with Crippen LogP contribution in [0.15, 0.2) is 11.6 Å². The first kappa shape index (κ1) is 15.8. The first-order valence-electron chi connectivity index (χ1n) is 5.64. The molecule has 0 radical (unpaired) electrons. The van der Waals surface area contributed by atoms with Gasteiger partial charge in [-0.3, -0.25) is 0 Å². The summed E-state index contributed by atoms with van der Waals surface area (Å²) >= 11 is 0. The molecule has 0 spiro atoms. The Hall–Kier alpha value is -1.24. The topological polar surface area (TPSA) is 107 Å². The average molecular weight is 243 g/mol. The van der Waals surface area contributed by atoms with Crippen LogP contribution in [-0.4, -0.2) is 31.2 Å². The van der Waals surface area contributed by atoms with E-state index < -0.39 is 11.9 Å². The third-order valence-electron chi connectivity index (χ3n) is 2.04. The first-order chi connectivity index (χ1) is 8.01. The largest absolute Gasteiger partial charge is 0.386 e. The Labute approximate surface area is 101 Å². The Bertz CT molecular complexity index is 290. The average Bonchev–Trinajstić information content (AvgIpc) is 2.57. The molecule has 0 amide bonds. The molecule has 1 aliphatic heterocycles. The summed E-state index contributed by atoms with van der Waals surface area (Å²) in [5, 5.41) is 3.09. The Kier molecular flexibility index (Phi) is 8.21. The first-order valence-corrected chi connectivity index (χ1v) is 5.64. The van der Waals surface area contributed by atoms with Gasteiger partial charge >= 0.3 is 11.9 Å². The molecule has 0 saturated carbocycles. The van der Waals surface area contributed by atoms with Crippen LogP contribution >= 0.6 is 0 Å². The number of ether oxygens (including phenoxy) is 1. The normalized spacial score (nSPS) is 15.9. The van der Waals surface area contributed by atoms with E-state index in [-0.39, 0.29) is 6.17 Å². The lowest BCUT2D eigenvalue weighted by Crippen LogP contribution is -2.43. The third-order valence-corrected chi connectivity index (χ3v) is 2.04. The number of hydrogen-bond donors (Lipinski definition) is 3. The summed E-state index contributed by atoms with van der Waals surface area (Å²) in [6, 6.07) is 0. The predicted molar refractivity (Wildman–Crippen MR) is 64.8 cm³/mol. The fraction of sp³-hybridized carbons (Fsp3) is 0.636. The predicted octanol–water partition coefficient (Wildman–Crippen LogP) is -0.364. The van der Waals surface area contributed by atoms with Gasteiger partial charge in [0.1, 0.15) is 0 Å². The maximum Gasteiger partial charge on any atom is 0.341 e. The zero-order valence-electron chi connectivity index (χ0n) is 10.4. The van der Waals surface area contributed by atoms with Gasteiger partial charge in [-0.25, -0.2) is 9.59 Å². The Morgan fingerprint density at radius 2 is 2.12 bits per heavy atom. The highest BCUT2D eigenvalue weighted by molar-refractivity contribution is 6.08. The molecule has 0 bridgehead atoms. The van der Waals surface area contributed by atoms with Crippen LogP contribution < -0.4 is 16.8 Å². The van der Waals surface area contributed by atoms with E-state index in [0.717, 1.165) is 6.54 Å². The molecule has 1 heterocycles. The molecule has 0 aromatic heterocycles. The molecule has 6 heteroatoms. The van der Waals surface area contributed by atoms with Gasteiger partial charge in [0.2, 0.25) is 0 Å². The summed E-state index contributed by atoms with van der Waals surface area (Å²) in [5.41, 5.74) is 11.1. The molecular weight excluding hydrogens is 222 g/mol. The van der Waals surface area contributed by atoms with Gasteiger partial charge in [0.15, 0.2) is 0 Å². The number of nitrogens with two attached hydrogens (primary N) is 2. The Balaban J connectivity index is 0.000000302. The van der Waals surface area contributed by atoms with Crippen molar-refractivity contribution in [2.24, 2.45) is 11.5 Å². The maximum atomic E-state index is 10.3. The lowest BCUT2D eigenvalue weighted by Gasteiger charge is -2.09. The molecule has 1 unspecified atom stereocenters. The molecule has 98 valence electrons. The second kappa shape index (κ2) is 8.86. The van der Waals surface area contributed by atoms with Crippen LogP contribution in [0.3, 0.4) is 0 Å². The van der Waals surface area contributed by atoms with Crippen LogP contribution in [-0.2, 0) is 14.3 Å². The van der Waals surface area contributed by atoms with Gasteiger partial charge in [0.05, 0.1) is 6.17 Å². The smallest absolute Gasteiger partial charge is 0.341 e. The molecule has 0 aliphatic carbocycles. The van der Waals surface area contributed by atoms with Crippen LogP contribution in [0.5, 0.6) is 0 Å². The summed E-state index contributed by atoms with van der Waals surface area (Å²) in [6.07, 6.45) is 3.52. The van der Waals surface area contributed by atoms with E-state index in [1.165, 1.54) is 25.8 Å². The molecule has 17 heavy (non-hydrogen) atoms. The number of unbranched alkanes of at least 4 members (excludes halogenated alkanes) is 1. The van der Waals surface area contributed by atoms with Gasteiger partial charge in [-0.15, -0.1) is 0 Å². The second-order valence-corrected chi connectivity index (χ2v) is 3.69. The fourth-order valence-electron chi connectivity index (χ4n) is 0.985. The minimum Gasteiger partial charge on any atom is -0.386 e. The number of nitrogens with one attached hydrogen (secondary N) is 1. The highest BCUT2D eigenvalue weighted by Crippen LogP contribution is 2.04. The maximum absolute atomic E-state index is 10.3. The summed E-state index contributed by atoms with van der Waals surface area (Å²) in [6.45, 7) is 5.18. The summed E-state index contributed by atoms with van der Waals surface area (Å²) in [4.78, 5) is 20.4. The minimum atomic E-state index is -0.562. The second-order valence-electron chi connectivity index (χ2n) is 3.69. The van der Waals surface area contributed by atoms with E-state index in [1.54, 1.807) is 0 Å². The van der Waals surface area contributed by atoms with Gasteiger partial charge in [-0.1, -0.05) is 13.3 Å². The van der Waals surface area contributed by atoms with Crippen molar-refractivity contribution in [3.8, 4) is 0 Å². The SMILES string of the molecule is CC1=CC(=O)OC1=O.CCCCNC(N)CN. The van der Waals surface area contributed by atoms with Crippen LogP contribution in [0, 0.1) is 0 Å². The molecule has 0 aromatic rings. The van der Waals surface area contributed by atoms with Crippen molar-refractivity contribution < 1.29 is 14.3 Å². The molecule has 0 fully saturated rings. The lowest BCUT2D eigenvalue weighted by molar-refractivity contribution is -0.150. The third kappa shape index (κ3) is 7.62. The number of cyclic esters (lactones) is 2. The van der Waals surface area contributed by atoms with E-state index in [4.69, 9.17) is 11.5 Å². The summed E-state index contributed by atoms with van der Waals surface area (Å²) < 4.78 is 4.10. The molecule has 1 atom stereocenters. The summed E-state index contributed by atoms with van der Waals surface area (Å²) in [7, 11) is 0. The van der Waals surface area contributed by atoms with E-state index in [0.29, 0.717) is 12.1 Å². The minimum absolute atomic E-state index is 0.0171. The quantitative estimate of drug-likeness (QED) is 0.263. The van der Waals surface area contributed by atoms with Crippen molar-refractivity contribution in [3.05, 3.63) is 11.6 Å². The number of hydrogen-bond acceptors (Lipinski definition) is 6. The zero-order chi connectivity index (χ0) is 13.3. The number of esters is 2. The highest BCUT2D eigenvalue weighted by atomic mass is 16.6. The van der Waals surface area contributed by atoms with E-state index in [9.17, 15) is 9.59 Å². The standard InChI is InChI=1S/C6H17N3.C5H4O3/c1-2-3-4-9-6(8)5-7;1-3-2-4(6)8-5(3)7/h6,9H,2-5,7-8H2,1H3;2H,1H3. The van der Waals surface area contributed by atoms with Gasteiger partial charge in [0, 0.05) is 18.2 Å². The van der Waals surface area contributed by atoms with E-state index >= 15 is 0 Å². The molecule has 1 rings (SSSR count). The Morgan fingerprint density at radius 1 is 1.47 bits per heavy atom. The monoisotopic (exact) mass is 243 g/mol. The van der Waals surface area contributed by atoms with Crippen LogP contribution in [0.4, 0.5) is 0 Å². The van der Waals surface area contributed by atoms with Crippen LogP contribution in [0.1, 0.15) is 26.7 Å². The van der Waals surface area contributed by atoms with Gasteiger partial charge < -0.3 is 21.5 Å².